The molecule has 0 saturated carbocycles. The van der Waals surface area contributed by atoms with Crippen LogP contribution in [0.3, 0.4) is 0 Å². The minimum atomic E-state index is -0.318. The van der Waals surface area contributed by atoms with Crippen LogP contribution < -0.4 is 10.7 Å². The molecule has 0 saturated heterocycles. The predicted molar refractivity (Wildman–Crippen MR) is 99.6 cm³/mol. The Morgan fingerprint density at radius 1 is 1.40 bits per heavy atom. The van der Waals surface area contributed by atoms with Crippen molar-refractivity contribution in [1.82, 2.24) is 20.1 Å². The van der Waals surface area contributed by atoms with E-state index < -0.39 is 0 Å². The molecule has 0 spiro atoms. The zero-order chi connectivity index (χ0) is 17.4. The number of nitrogens with one attached hydrogen (secondary N) is 1. The lowest BCUT2D eigenvalue weighted by Gasteiger charge is -2.09. The molecule has 1 amide bonds. The SMILES string of the molecule is Cc1nnc(SCCNC(=O)c2cn3c4c(cccc4c2=O)CC3)s1. The van der Waals surface area contributed by atoms with Crippen molar-refractivity contribution >= 4 is 39.9 Å². The van der Waals surface area contributed by atoms with E-state index in [1.165, 1.54) is 16.9 Å². The van der Waals surface area contributed by atoms with E-state index in [0.29, 0.717) is 17.7 Å². The molecule has 1 N–H and O–H groups in total. The molecule has 3 heterocycles. The van der Waals surface area contributed by atoms with Crippen LogP contribution in [0.1, 0.15) is 20.9 Å². The number of para-hydroxylation sites is 1. The standard InChI is InChI=1S/C17H16N4O2S2/c1-10-19-20-17(25-10)24-8-6-18-16(23)13-9-21-7-5-11-3-2-4-12(14(11)21)15(13)22/h2-4,9H,5-8H2,1H3,(H,18,23). The number of hydrogen-bond acceptors (Lipinski definition) is 6. The molecule has 0 fully saturated rings. The minimum absolute atomic E-state index is 0.195. The molecule has 0 atom stereocenters. The molecule has 2 aromatic heterocycles. The molecule has 1 aromatic carbocycles. The number of thioether (sulfide) groups is 1. The number of pyridine rings is 1. The Hall–Kier alpha value is -2.19. The molecule has 0 bridgehead atoms. The first-order valence-corrected chi connectivity index (χ1v) is 9.80. The van der Waals surface area contributed by atoms with Crippen molar-refractivity contribution in [3.8, 4) is 0 Å². The van der Waals surface area contributed by atoms with E-state index in [1.54, 1.807) is 24.0 Å². The average Bonchev–Trinajstić information content (AvgIpc) is 3.21. The van der Waals surface area contributed by atoms with Gasteiger partial charge in [0.2, 0.25) is 5.43 Å². The van der Waals surface area contributed by atoms with Gasteiger partial charge < -0.3 is 9.88 Å². The Labute approximate surface area is 152 Å². The maximum absolute atomic E-state index is 12.7. The van der Waals surface area contributed by atoms with Crippen LogP contribution in [0.25, 0.3) is 10.9 Å². The summed E-state index contributed by atoms with van der Waals surface area (Å²) in [6.45, 7) is 3.19. The molecule has 1 aliphatic heterocycles. The first-order valence-electron chi connectivity index (χ1n) is 7.99. The van der Waals surface area contributed by atoms with Gasteiger partial charge in [-0.15, -0.1) is 10.2 Å². The highest BCUT2D eigenvalue weighted by Gasteiger charge is 2.20. The minimum Gasteiger partial charge on any atom is -0.351 e. The third kappa shape index (κ3) is 3.07. The molecule has 8 heteroatoms. The molecule has 4 rings (SSSR count). The van der Waals surface area contributed by atoms with Crippen molar-refractivity contribution < 1.29 is 4.79 Å². The van der Waals surface area contributed by atoms with Crippen LogP contribution in [0.2, 0.25) is 0 Å². The van der Waals surface area contributed by atoms with Crippen molar-refractivity contribution in [3.63, 3.8) is 0 Å². The topological polar surface area (TPSA) is 76.9 Å². The van der Waals surface area contributed by atoms with Crippen molar-refractivity contribution in [2.24, 2.45) is 0 Å². The van der Waals surface area contributed by atoms with E-state index in [4.69, 9.17) is 0 Å². The van der Waals surface area contributed by atoms with E-state index in [2.05, 4.69) is 15.5 Å². The summed E-state index contributed by atoms with van der Waals surface area (Å²) in [7, 11) is 0. The number of amides is 1. The molecule has 6 nitrogen and oxygen atoms in total. The second kappa shape index (κ2) is 6.61. The second-order valence-corrected chi connectivity index (χ2v) is 8.34. The summed E-state index contributed by atoms with van der Waals surface area (Å²) < 4.78 is 2.90. The van der Waals surface area contributed by atoms with Crippen LogP contribution >= 0.6 is 23.1 Å². The zero-order valence-corrected chi connectivity index (χ0v) is 15.2. The molecule has 1 aliphatic rings. The number of aromatic nitrogens is 3. The van der Waals surface area contributed by atoms with Crippen molar-refractivity contribution in [3.05, 3.63) is 50.8 Å². The number of benzene rings is 1. The molecule has 128 valence electrons. The number of carbonyl (C=O) groups is 1. The fourth-order valence-corrected chi connectivity index (χ4v) is 4.79. The normalized spacial score (nSPS) is 12.7. The molecular weight excluding hydrogens is 356 g/mol. The first kappa shape index (κ1) is 16.3. The highest BCUT2D eigenvalue weighted by atomic mass is 32.2. The van der Waals surface area contributed by atoms with Crippen molar-refractivity contribution in [1.29, 1.82) is 0 Å². The summed E-state index contributed by atoms with van der Waals surface area (Å²) in [6.07, 6.45) is 2.59. The number of aryl methyl sites for hydroxylation is 3. The van der Waals surface area contributed by atoms with Gasteiger partial charge in [0, 0.05) is 30.4 Å². The highest BCUT2D eigenvalue weighted by Crippen LogP contribution is 2.24. The lowest BCUT2D eigenvalue weighted by atomic mass is 10.1. The Bertz CT molecular complexity index is 1030. The van der Waals surface area contributed by atoms with Gasteiger partial charge in [-0.2, -0.15) is 0 Å². The molecule has 0 aliphatic carbocycles. The van der Waals surface area contributed by atoms with Crippen molar-refractivity contribution in [2.45, 2.75) is 24.2 Å². The van der Waals surface area contributed by atoms with Gasteiger partial charge >= 0.3 is 0 Å². The van der Waals surface area contributed by atoms with Crippen molar-refractivity contribution in [2.75, 3.05) is 12.3 Å². The van der Waals surface area contributed by atoms with E-state index in [1.807, 2.05) is 23.6 Å². The smallest absolute Gasteiger partial charge is 0.256 e. The van der Waals surface area contributed by atoms with Gasteiger partial charge in [-0.05, 0) is 25.0 Å². The van der Waals surface area contributed by atoms with Crippen LogP contribution in [-0.4, -0.2) is 33.0 Å². The van der Waals surface area contributed by atoms with Gasteiger partial charge in [0.05, 0.1) is 5.52 Å². The van der Waals surface area contributed by atoms with Gasteiger partial charge in [0.25, 0.3) is 5.91 Å². The Balaban J connectivity index is 1.48. The zero-order valence-electron chi connectivity index (χ0n) is 13.6. The highest BCUT2D eigenvalue weighted by molar-refractivity contribution is 8.01. The maximum atomic E-state index is 12.7. The summed E-state index contributed by atoms with van der Waals surface area (Å²) in [5.74, 6) is 0.369. The quantitative estimate of drug-likeness (QED) is 0.549. The van der Waals surface area contributed by atoms with Gasteiger partial charge in [0.1, 0.15) is 10.6 Å². The van der Waals surface area contributed by atoms with E-state index in [0.717, 1.165) is 27.8 Å². The lowest BCUT2D eigenvalue weighted by Crippen LogP contribution is -2.31. The van der Waals surface area contributed by atoms with Crippen LogP contribution in [-0.2, 0) is 13.0 Å². The lowest BCUT2D eigenvalue weighted by molar-refractivity contribution is 0.0954. The monoisotopic (exact) mass is 372 g/mol. The Kier molecular flexibility index (Phi) is 4.30. The second-order valence-electron chi connectivity index (χ2n) is 5.82. The van der Waals surface area contributed by atoms with E-state index in [9.17, 15) is 9.59 Å². The number of rotatable bonds is 5. The largest absolute Gasteiger partial charge is 0.351 e. The van der Waals surface area contributed by atoms with Gasteiger partial charge in [0.15, 0.2) is 4.34 Å². The fraction of sp³-hybridized carbons (Fsp3) is 0.294. The third-order valence-corrected chi connectivity index (χ3v) is 6.14. The van der Waals surface area contributed by atoms with Crippen LogP contribution in [0.4, 0.5) is 0 Å². The number of carbonyl (C=O) groups excluding carboxylic acids is 1. The first-order chi connectivity index (χ1) is 12.1. The maximum Gasteiger partial charge on any atom is 0.256 e. The summed E-state index contributed by atoms with van der Waals surface area (Å²) in [6, 6.07) is 5.72. The van der Waals surface area contributed by atoms with Crippen LogP contribution in [0.15, 0.2) is 33.5 Å². The molecule has 3 aromatic rings. The number of nitrogens with zero attached hydrogens (tertiary/aromatic N) is 3. The fourth-order valence-electron chi connectivity index (χ4n) is 3.05. The van der Waals surface area contributed by atoms with Crippen LogP contribution in [0, 0.1) is 6.92 Å². The summed E-state index contributed by atoms with van der Waals surface area (Å²) >= 11 is 3.08. The molecule has 0 radical (unpaired) electrons. The van der Waals surface area contributed by atoms with E-state index >= 15 is 0 Å². The van der Waals surface area contributed by atoms with Gasteiger partial charge in [-0.1, -0.05) is 35.2 Å². The summed E-state index contributed by atoms with van der Waals surface area (Å²) in [5.41, 5.74) is 2.15. The third-order valence-electron chi connectivity index (χ3n) is 4.17. The molecule has 25 heavy (non-hydrogen) atoms. The van der Waals surface area contributed by atoms with Crippen LogP contribution in [0.5, 0.6) is 0 Å². The van der Waals surface area contributed by atoms with Gasteiger partial charge in [-0.25, -0.2) is 0 Å². The Morgan fingerprint density at radius 3 is 3.08 bits per heavy atom. The van der Waals surface area contributed by atoms with E-state index in [-0.39, 0.29) is 16.9 Å². The number of hydrogen-bond donors (Lipinski definition) is 1. The van der Waals surface area contributed by atoms with Gasteiger partial charge in [-0.3, -0.25) is 9.59 Å². The average molecular weight is 372 g/mol. The summed E-state index contributed by atoms with van der Waals surface area (Å²) in [4.78, 5) is 25.1. The summed E-state index contributed by atoms with van der Waals surface area (Å²) in [5, 5.41) is 12.4. The predicted octanol–water partition coefficient (Wildman–Crippen LogP) is 2.24. The Morgan fingerprint density at radius 2 is 2.28 bits per heavy atom. The molecular formula is C17H16N4O2S2. The molecule has 0 unspecified atom stereocenters.